The van der Waals surface area contributed by atoms with E-state index in [2.05, 4.69) is 37.3 Å². The van der Waals surface area contributed by atoms with Crippen molar-refractivity contribution in [2.75, 3.05) is 0 Å². The zero-order valence-electron chi connectivity index (χ0n) is 15.4. The summed E-state index contributed by atoms with van der Waals surface area (Å²) in [6.07, 6.45) is 11.0. The Labute approximate surface area is 152 Å². The smallest absolute Gasteiger partial charge is 0.0998 e. The molecule has 0 aromatic heterocycles. The summed E-state index contributed by atoms with van der Waals surface area (Å²) in [6.45, 7) is 2.29. The zero-order chi connectivity index (χ0) is 17.5. The quantitative estimate of drug-likeness (QED) is 0.519. The van der Waals surface area contributed by atoms with Crippen LogP contribution < -0.4 is 0 Å². The molecule has 1 saturated carbocycles. The van der Waals surface area contributed by atoms with Crippen LogP contribution in [0.1, 0.15) is 75.3 Å². The van der Waals surface area contributed by atoms with Crippen LogP contribution in [0.15, 0.2) is 48.5 Å². The number of nitrogens with zero attached hydrogens (tertiary/aromatic N) is 1. The third-order valence-electron chi connectivity index (χ3n) is 5.80. The van der Waals surface area contributed by atoms with Gasteiger partial charge in [0.2, 0.25) is 0 Å². The maximum Gasteiger partial charge on any atom is 0.0998 e. The molecule has 2 aromatic carbocycles. The summed E-state index contributed by atoms with van der Waals surface area (Å²) in [5.74, 6) is 1.69. The number of unbranched alkanes of at least 4 members (excludes halogenated alkanes) is 2. The molecule has 1 nitrogen and oxygen atoms in total. The summed E-state index contributed by atoms with van der Waals surface area (Å²) in [6, 6.07) is 19.1. The lowest BCUT2D eigenvalue weighted by molar-refractivity contribution is 0.303. The van der Waals surface area contributed by atoms with E-state index in [0.717, 1.165) is 28.5 Å². The third kappa shape index (κ3) is 4.51. The molecule has 1 aliphatic carbocycles. The van der Waals surface area contributed by atoms with E-state index in [0.29, 0.717) is 0 Å². The summed E-state index contributed by atoms with van der Waals surface area (Å²) in [7, 11) is 0. The lowest BCUT2D eigenvalue weighted by Gasteiger charge is -2.29. The molecule has 0 saturated heterocycles. The summed E-state index contributed by atoms with van der Waals surface area (Å²) in [5.41, 5.74) is 4.42. The normalized spacial score (nSPS) is 20.2. The molecule has 25 heavy (non-hydrogen) atoms. The molecule has 0 heterocycles. The Balaban J connectivity index is 1.61. The van der Waals surface area contributed by atoms with Crippen LogP contribution in [0.5, 0.6) is 0 Å². The highest BCUT2D eigenvalue weighted by Gasteiger charge is 2.22. The average Bonchev–Trinajstić information content (AvgIpc) is 2.69. The number of rotatable bonds is 6. The molecule has 0 unspecified atom stereocenters. The molecule has 0 bridgehead atoms. The van der Waals surface area contributed by atoms with Crippen molar-refractivity contribution in [3.8, 4) is 17.2 Å². The Hall–Kier alpha value is -2.07. The van der Waals surface area contributed by atoms with Gasteiger partial charge in [0.25, 0.3) is 0 Å². The standard InChI is InChI=1S/C24H29N/c1-2-3-4-7-19-10-12-20(13-11-19)21-14-16-22(17-15-21)24-9-6-5-8-23(24)18-25/h5-6,8-9,14-17,19-20H,2-4,7,10-13H2,1H3/t19-,20-. The van der Waals surface area contributed by atoms with Gasteiger partial charge in [0.05, 0.1) is 11.6 Å². The number of hydrogen-bond donors (Lipinski definition) is 0. The molecule has 2 aromatic rings. The van der Waals surface area contributed by atoms with Gasteiger partial charge < -0.3 is 0 Å². The Kier molecular flexibility index (Phi) is 6.29. The Morgan fingerprint density at radius 3 is 2.32 bits per heavy atom. The van der Waals surface area contributed by atoms with E-state index in [9.17, 15) is 5.26 Å². The number of nitriles is 1. The first-order chi connectivity index (χ1) is 12.3. The monoisotopic (exact) mass is 331 g/mol. The van der Waals surface area contributed by atoms with E-state index < -0.39 is 0 Å². The van der Waals surface area contributed by atoms with Gasteiger partial charge in [-0.25, -0.2) is 0 Å². The van der Waals surface area contributed by atoms with E-state index in [4.69, 9.17) is 0 Å². The van der Waals surface area contributed by atoms with Crippen LogP contribution in [0.3, 0.4) is 0 Å². The first-order valence-corrected chi connectivity index (χ1v) is 9.91. The van der Waals surface area contributed by atoms with Crippen LogP contribution in [0.2, 0.25) is 0 Å². The van der Waals surface area contributed by atoms with Gasteiger partial charge in [-0.15, -0.1) is 0 Å². The van der Waals surface area contributed by atoms with Crippen LogP contribution in [0.25, 0.3) is 11.1 Å². The van der Waals surface area contributed by atoms with Crippen molar-refractivity contribution in [2.24, 2.45) is 5.92 Å². The molecule has 3 rings (SSSR count). The molecule has 0 amide bonds. The lowest BCUT2D eigenvalue weighted by atomic mass is 9.77. The van der Waals surface area contributed by atoms with E-state index in [1.54, 1.807) is 0 Å². The average molecular weight is 332 g/mol. The minimum Gasteiger partial charge on any atom is -0.192 e. The van der Waals surface area contributed by atoms with Crippen molar-refractivity contribution in [3.63, 3.8) is 0 Å². The van der Waals surface area contributed by atoms with Gasteiger partial charge >= 0.3 is 0 Å². The van der Waals surface area contributed by atoms with Crippen LogP contribution in [-0.2, 0) is 0 Å². The van der Waals surface area contributed by atoms with Gasteiger partial charge in [-0.3, -0.25) is 0 Å². The predicted molar refractivity (Wildman–Crippen MR) is 105 cm³/mol. The molecular weight excluding hydrogens is 302 g/mol. The van der Waals surface area contributed by atoms with Crippen LogP contribution >= 0.6 is 0 Å². The van der Waals surface area contributed by atoms with Crippen molar-refractivity contribution >= 4 is 0 Å². The second kappa shape index (κ2) is 8.86. The van der Waals surface area contributed by atoms with Gasteiger partial charge in [0.1, 0.15) is 0 Å². The second-order valence-corrected chi connectivity index (χ2v) is 7.49. The number of hydrogen-bond acceptors (Lipinski definition) is 1. The summed E-state index contributed by atoms with van der Waals surface area (Å²) >= 11 is 0. The summed E-state index contributed by atoms with van der Waals surface area (Å²) in [5, 5.41) is 9.29. The van der Waals surface area contributed by atoms with Gasteiger partial charge in [0.15, 0.2) is 0 Å². The highest BCUT2D eigenvalue weighted by molar-refractivity contribution is 5.70. The van der Waals surface area contributed by atoms with Crippen LogP contribution in [0.4, 0.5) is 0 Å². The van der Waals surface area contributed by atoms with E-state index in [1.807, 2.05) is 24.3 Å². The maximum atomic E-state index is 9.29. The zero-order valence-corrected chi connectivity index (χ0v) is 15.4. The highest BCUT2D eigenvalue weighted by atomic mass is 14.3. The SMILES string of the molecule is CCCCC[C@H]1CC[C@H](c2ccc(-c3ccccc3C#N)cc2)CC1. The minimum absolute atomic E-state index is 0.725. The minimum atomic E-state index is 0.725. The Morgan fingerprint density at radius 2 is 1.64 bits per heavy atom. The molecule has 0 atom stereocenters. The molecule has 1 heteroatoms. The van der Waals surface area contributed by atoms with Gasteiger partial charge in [-0.1, -0.05) is 75.1 Å². The van der Waals surface area contributed by atoms with Crippen LogP contribution in [-0.4, -0.2) is 0 Å². The molecule has 130 valence electrons. The molecular formula is C24H29N. The molecule has 0 spiro atoms. The largest absolute Gasteiger partial charge is 0.192 e. The van der Waals surface area contributed by atoms with Gasteiger partial charge in [-0.2, -0.15) is 5.26 Å². The topological polar surface area (TPSA) is 23.8 Å². The van der Waals surface area contributed by atoms with E-state index >= 15 is 0 Å². The molecule has 0 radical (unpaired) electrons. The fraction of sp³-hybridized carbons (Fsp3) is 0.458. The molecule has 0 aliphatic heterocycles. The van der Waals surface area contributed by atoms with Crippen molar-refractivity contribution in [3.05, 3.63) is 59.7 Å². The second-order valence-electron chi connectivity index (χ2n) is 7.49. The fourth-order valence-electron chi connectivity index (χ4n) is 4.23. The van der Waals surface area contributed by atoms with Gasteiger partial charge in [0, 0.05) is 0 Å². The van der Waals surface area contributed by atoms with E-state index in [1.165, 1.54) is 56.9 Å². The highest BCUT2D eigenvalue weighted by Crippen LogP contribution is 2.38. The van der Waals surface area contributed by atoms with Crippen molar-refractivity contribution in [1.29, 1.82) is 5.26 Å². The first-order valence-electron chi connectivity index (χ1n) is 9.91. The summed E-state index contributed by atoms with van der Waals surface area (Å²) < 4.78 is 0. The third-order valence-corrected chi connectivity index (χ3v) is 5.80. The van der Waals surface area contributed by atoms with Gasteiger partial charge in [-0.05, 0) is 60.3 Å². The summed E-state index contributed by atoms with van der Waals surface area (Å²) in [4.78, 5) is 0. The Bertz CT molecular complexity index is 700. The number of benzene rings is 2. The predicted octanol–water partition coefficient (Wildman–Crippen LogP) is 7.08. The molecule has 0 N–H and O–H groups in total. The molecule has 1 aliphatic rings. The first kappa shape index (κ1) is 17.7. The fourth-order valence-corrected chi connectivity index (χ4v) is 4.23. The van der Waals surface area contributed by atoms with Crippen molar-refractivity contribution < 1.29 is 0 Å². The Morgan fingerprint density at radius 1 is 0.920 bits per heavy atom. The molecule has 1 fully saturated rings. The van der Waals surface area contributed by atoms with Crippen molar-refractivity contribution in [2.45, 2.75) is 64.2 Å². The van der Waals surface area contributed by atoms with Crippen molar-refractivity contribution in [1.82, 2.24) is 0 Å². The lowest BCUT2D eigenvalue weighted by Crippen LogP contribution is -2.13. The van der Waals surface area contributed by atoms with E-state index in [-0.39, 0.29) is 0 Å². The maximum absolute atomic E-state index is 9.29. The van der Waals surface area contributed by atoms with Crippen LogP contribution in [0, 0.1) is 17.2 Å².